The lowest BCUT2D eigenvalue weighted by Gasteiger charge is -2.07. The maximum atomic E-state index is 13.0. The Bertz CT molecular complexity index is 1020. The Labute approximate surface area is 128 Å². The molecule has 0 atom stereocenters. The van der Waals surface area contributed by atoms with E-state index in [1.165, 1.54) is 16.7 Å². The van der Waals surface area contributed by atoms with Crippen LogP contribution in [0, 0.1) is 0 Å². The summed E-state index contributed by atoms with van der Waals surface area (Å²) in [6, 6.07) is 13.4. The van der Waals surface area contributed by atoms with E-state index in [0.717, 1.165) is 17.0 Å². The van der Waals surface area contributed by atoms with Crippen molar-refractivity contribution in [1.29, 1.82) is 0 Å². The second-order valence-corrected chi connectivity index (χ2v) is 5.03. The van der Waals surface area contributed by atoms with Gasteiger partial charge in [-0.3, -0.25) is 4.40 Å². The van der Waals surface area contributed by atoms with Gasteiger partial charge in [-0.1, -0.05) is 24.3 Å². The first-order valence-electron chi connectivity index (χ1n) is 6.81. The normalized spacial score (nSPS) is 12.1. The summed E-state index contributed by atoms with van der Waals surface area (Å²) in [5.41, 5.74) is 0.161. The second-order valence-electron chi connectivity index (χ2n) is 5.03. The fourth-order valence-electron chi connectivity index (χ4n) is 2.50. The molecule has 0 bridgehead atoms. The first-order chi connectivity index (χ1) is 11.0. The summed E-state index contributed by atoms with van der Waals surface area (Å²) in [6.07, 6.45) is -2.99. The minimum Gasteiger partial charge on any atom is -0.281 e. The van der Waals surface area contributed by atoms with Crippen LogP contribution in [0.15, 0.2) is 54.7 Å². The Morgan fingerprint density at radius 1 is 0.870 bits per heavy atom. The van der Waals surface area contributed by atoms with Gasteiger partial charge in [-0.05, 0) is 24.3 Å². The molecule has 0 N–H and O–H groups in total. The summed E-state index contributed by atoms with van der Waals surface area (Å²) in [6.45, 7) is 0. The first kappa shape index (κ1) is 13.7. The maximum Gasteiger partial charge on any atom is 0.420 e. The topological polar surface area (TPSA) is 43.1 Å². The van der Waals surface area contributed by atoms with Crippen molar-refractivity contribution in [2.24, 2.45) is 0 Å². The number of hydrogen-bond acceptors (Lipinski definition) is 3. The van der Waals surface area contributed by atoms with Gasteiger partial charge in [0.15, 0.2) is 11.5 Å². The molecule has 0 unspecified atom stereocenters. The number of fused-ring (bicyclic) bond motifs is 2. The number of para-hydroxylation sites is 1. The smallest absolute Gasteiger partial charge is 0.281 e. The SMILES string of the molecule is FC(F)(F)c1cccn2c(-c3ccc4ccccc4n3)nnc12. The maximum absolute atomic E-state index is 13.0. The van der Waals surface area contributed by atoms with Crippen molar-refractivity contribution in [3.63, 3.8) is 0 Å². The van der Waals surface area contributed by atoms with E-state index in [4.69, 9.17) is 0 Å². The van der Waals surface area contributed by atoms with E-state index >= 15 is 0 Å². The van der Waals surface area contributed by atoms with E-state index in [1.807, 2.05) is 30.3 Å². The molecule has 0 aliphatic rings. The van der Waals surface area contributed by atoms with E-state index in [0.29, 0.717) is 5.69 Å². The molecule has 0 amide bonds. The summed E-state index contributed by atoms with van der Waals surface area (Å²) in [7, 11) is 0. The molecule has 4 aromatic rings. The van der Waals surface area contributed by atoms with Gasteiger partial charge in [0.2, 0.25) is 0 Å². The molecule has 4 rings (SSSR count). The van der Waals surface area contributed by atoms with E-state index < -0.39 is 11.7 Å². The van der Waals surface area contributed by atoms with Crippen LogP contribution in [0.4, 0.5) is 13.2 Å². The van der Waals surface area contributed by atoms with Gasteiger partial charge in [-0.25, -0.2) is 4.98 Å². The minimum absolute atomic E-state index is 0.232. The second kappa shape index (κ2) is 4.77. The molecule has 1 aromatic carbocycles. The van der Waals surface area contributed by atoms with Crippen LogP contribution in [0.1, 0.15) is 5.56 Å². The van der Waals surface area contributed by atoms with Gasteiger partial charge >= 0.3 is 6.18 Å². The molecule has 3 aromatic heterocycles. The highest BCUT2D eigenvalue weighted by atomic mass is 19.4. The van der Waals surface area contributed by atoms with E-state index in [1.54, 1.807) is 6.07 Å². The van der Waals surface area contributed by atoms with Crippen LogP contribution in [-0.4, -0.2) is 19.6 Å². The van der Waals surface area contributed by atoms with Gasteiger partial charge in [-0.2, -0.15) is 13.2 Å². The molecule has 0 fully saturated rings. The van der Waals surface area contributed by atoms with Crippen LogP contribution >= 0.6 is 0 Å². The molecule has 0 saturated carbocycles. The van der Waals surface area contributed by atoms with Crippen LogP contribution in [-0.2, 0) is 6.18 Å². The lowest BCUT2D eigenvalue weighted by molar-refractivity contribution is -0.136. The Morgan fingerprint density at radius 2 is 1.70 bits per heavy atom. The Balaban J connectivity index is 1.95. The number of hydrogen-bond donors (Lipinski definition) is 0. The summed E-state index contributed by atoms with van der Waals surface area (Å²) in [5.74, 6) is 0.275. The molecule has 4 nitrogen and oxygen atoms in total. The standard InChI is InChI=1S/C16H9F3N4/c17-16(18,19)11-5-3-9-23-14(11)21-22-15(23)13-8-7-10-4-1-2-6-12(10)20-13/h1-9H. The van der Waals surface area contributed by atoms with Gasteiger partial charge < -0.3 is 0 Å². The zero-order valence-corrected chi connectivity index (χ0v) is 11.6. The average molecular weight is 314 g/mol. The van der Waals surface area contributed by atoms with Gasteiger partial charge in [0.25, 0.3) is 0 Å². The monoisotopic (exact) mass is 314 g/mol. The van der Waals surface area contributed by atoms with Crippen molar-refractivity contribution in [3.8, 4) is 11.5 Å². The Kier molecular flexibility index (Phi) is 2.84. The van der Waals surface area contributed by atoms with E-state index in [2.05, 4.69) is 15.2 Å². The van der Waals surface area contributed by atoms with Crippen molar-refractivity contribution in [3.05, 3.63) is 60.3 Å². The van der Waals surface area contributed by atoms with Gasteiger partial charge in [-0.15, -0.1) is 10.2 Å². The predicted molar refractivity (Wildman–Crippen MR) is 78.7 cm³/mol. The van der Waals surface area contributed by atoms with Crippen molar-refractivity contribution in [1.82, 2.24) is 19.6 Å². The number of aromatic nitrogens is 4. The Morgan fingerprint density at radius 3 is 2.52 bits per heavy atom. The van der Waals surface area contributed by atoms with E-state index in [-0.39, 0.29) is 11.5 Å². The number of pyridine rings is 2. The quantitative estimate of drug-likeness (QED) is 0.534. The van der Waals surface area contributed by atoms with Gasteiger partial charge in [0, 0.05) is 11.6 Å². The number of halogens is 3. The average Bonchev–Trinajstić information content (AvgIpc) is 2.97. The zero-order chi connectivity index (χ0) is 16.0. The molecule has 114 valence electrons. The fraction of sp³-hybridized carbons (Fsp3) is 0.0625. The largest absolute Gasteiger partial charge is 0.420 e. The molecular weight excluding hydrogens is 305 g/mol. The Hall–Kier alpha value is -2.96. The molecule has 0 aliphatic heterocycles. The predicted octanol–water partition coefficient (Wildman–Crippen LogP) is 3.96. The highest BCUT2D eigenvalue weighted by Gasteiger charge is 2.34. The minimum atomic E-state index is -4.48. The van der Waals surface area contributed by atoms with Crippen molar-refractivity contribution < 1.29 is 13.2 Å². The summed E-state index contributed by atoms with van der Waals surface area (Å²) < 4.78 is 40.4. The molecule has 0 spiro atoms. The molecular formula is C16H9F3N4. The lowest BCUT2D eigenvalue weighted by atomic mass is 10.2. The molecule has 3 heterocycles. The molecule has 0 aliphatic carbocycles. The third-order valence-electron chi connectivity index (χ3n) is 3.57. The number of benzene rings is 1. The summed E-state index contributed by atoms with van der Waals surface area (Å²) in [4.78, 5) is 4.46. The molecule has 7 heteroatoms. The zero-order valence-electron chi connectivity index (χ0n) is 11.6. The van der Waals surface area contributed by atoms with Crippen LogP contribution < -0.4 is 0 Å². The van der Waals surface area contributed by atoms with Crippen molar-refractivity contribution in [2.45, 2.75) is 6.18 Å². The third kappa shape index (κ3) is 2.21. The van der Waals surface area contributed by atoms with Crippen LogP contribution in [0.25, 0.3) is 28.1 Å². The third-order valence-corrected chi connectivity index (χ3v) is 3.57. The molecule has 0 saturated heterocycles. The first-order valence-corrected chi connectivity index (χ1v) is 6.81. The highest BCUT2D eigenvalue weighted by Crippen LogP contribution is 2.32. The van der Waals surface area contributed by atoms with Crippen LogP contribution in [0.3, 0.4) is 0 Å². The van der Waals surface area contributed by atoms with Crippen LogP contribution in [0.2, 0.25) is 0 Å². The van der Waals surface area contributed by atoms with Gasteiger partial charge in [0.1, 0.15) is 11.3 Å². The van der Waals surface area contributed by atoms with Gasteiger partial charge in [0.05, 0.1) is 5.52 Å². The lowest BCUT2D eigenvalue weighted by Crippen LogP contribution is -2.07. The molecule has 23 heavy (non-hydrogen) atoms. The summed E-state index contributed by atoms with van der Waals surface area (Å²) >= 11 is 0. The van der Waals surface area contributed by atoms with Crippen molar-refractivity contribution >= 4 is 16.6 Å². The summed E-state index contributed by atoms with van der Waals surface area (Å²) in [5, 5.41) is 8.54. The van der Waals surface area contributed by atoms with Crippen molar-refractivity contribution in [2.75, 3.05) is 0 Å². The number of alkyl halides is 3. The number of nitrogens with zero attached hydrogens (tertiary/aromatic N) is 4. The van der Waals surface area contributed by atoms with E-state index in [9.17, 15) is 13.2 Å². The van der Waals surface area contributed by atoms with Crippen LogP contribution in [0.5, 0.6) is 0 Å². The highest BCUT2D eigenvalue weighted by molar-refractivity contribution is 5.80. The molecule has 0 radical (unpaired) electrons. The fourth-order valence-corrected chi connectivity index (χ4v) is 2.50. The number of rotatable bonds is 1.